The van der Waals surface area contributed by atoms with Gasteiger partial charge in [-0.15, -0.1) is 0 Å². The van der Waals surface area contributed by atoms with Crippen molar-refractivity contribution in [3.05, 3.63) is 35.1 Å². The number of piperidine rings is 1. The van der Waals surface area contributed by atoms with Gasteiger partial charge in [-0.1, -0.05) is 6.07 Å². The third kappa shape index (κ3) is 3.78. The average molecular weight is 348 g/mol. The summed E-state index contributed by atoms with van der Waals surface area (Å²) in [6.45, 7) is 6.85. The lowest BCUT2D eigenvalue weighted by Crippen LogP contribution is -2.51. The van der Waals surface area contributed by atoms with E-state index in [0.717, 1.165) is 11.1 Å². The number of hydrogen-bond donors (Lipinski definition) is 1. The Morgan fingerprint density at radius 2 is 1.92 bits per heavy atom. The minimum Gasteiger partial charge on any atom is -0.444 e. The zero-order valence-corrected chi connectivity index (χ0v) is 15.0. The number of ether oxygens (including phenoxy) is 1. The monoisotopic (exact) mass is 348 g/mol. The molecule has 2 amide bonds. The molecular weight excluding hydrogens is 323 g/mol. The van der Waals surface area contributed by atoms with Gasteiger partial charge in [-0.2, -0.15) is 0 Å². The summed E-state index contributed by atoms with van der Waals surface area (Å²) in [5, 5.41) is 2.97. The van der Waals surface area contributed by atoms with E-state index in [0.29, 0.717) is 38.9 Å². The largest absolute Gasteiger partial charge is 0.444 e. The Bertz CT molecular complexity index is 688. The number of nitrogens with zero attached hydrogens (tertiary/aromatic N) is 1. The first-order valence-electron chi connectivity index (χ1n) is 8.72. The molecule has 0 bridgehead atoms. The van der Waals surface area contributed by atoms with Crippen LogP contribution in [0.3, 0.4) is 0 Å². The van der Waals surface area contributed by atoms with E-state index < -0.39 is 11.0 Å². The van der Waals surface area contributed by atoms with Gasteiger partial charge in [-0.05, 0) is 63.3 Å². The van der Waals surface area contributed by atoms with Crippen LogP contribution in [0.5, 0.6) is 0 Å². The second-order valence-electron chi connectivity index (χ2n) is 8.02. The molecule has 2 heterocycles. The fraction of sp³-hybridized carbons (Fsp3) is 0.579. The predicted octanol–water partition coefficient (Wildman–Crippen LogP) is 3.02. The number of amides is 2. The van der Waals surface area contributed by atoms with Crippen molar-refractivity contribution < 1.29 is 18.7 Å². The van der Waals surface area contributed by atoms with Crippen molar-refractivity contribution in [2.75, 3.05) is 13.1 Å². The fourth-order valence-corrected chi connectivity index (χ4v) is 3.59. The lowest BCUT2D eigenvalue weighted by atomic mass is 9.73. The van der Waals surface area contributed by atoms with E-state index in [9.17, 15) is 14.0 Å². The Balaban J connectivity index is 1.75. The van der Waals surface area contributed by atoms with Gasteiger partial charge in [-0.25, -0.2) is 9.18 Å². The van der Waals surface area contributed by atoms with Gasteiger partial charge < -0.3 is 15.0 Å². The van der Waals surface area contributed by atoms with Gasteiger partial charge >= 0.3 is 6.09 Å². The van der Waals surface area contributed by atoms with Crippen molar-refractivity contribution in [1.29, 1.82) is 0 Å². The normalized spacial score (nSPS) is 19.8. The van der Waals surface area contributed by atoms with E-state index >= 15 is 0 Å². The molecule has 0 atom stereocenters. The summed E-state index contributed by atoms with van der Waals surface area (Å²) in [4.78, 5) is 26.6. The zero-order valence-electron chi connectivity index (χ0n) is 15.0. The lowest BCUT2D eigenvalue weighted by Gasteiger charge is -2.40. The van der Waals surface area contributed by atoms with Gasteiger partial charge in [0, 0.05) is 19.6 Å². The van der Waals surface area contributed by atoms with Gasteiger partial charge in [0.1, 0.15) is 11.4 Å². The van der Waals surface area contributed by atoms with Crippen molar-refractivity contribution in [3.63, 3.8) is 0 Å². The van der Waals surface area contributed by atoms with E-state index in [1.165, 1.54) is 12.1 Å². The number of carbonyl (C=O) groups excluding carboxylic acids is 2. The maximum atomic E-state index is 13.6. The summed E-state index contributed by atoms with van der Waals surface area (Å²) in [6.07, 6.45) is 1.26. The van der Waals surface area contributed by atoms with E-state index in [1.54, 1.807) is 11.0 Å². The number of benzene rings is 1. The Hall–Kier alpha value is -2.11. The molecule has 0 aromatic heterocycles. The van der Waals surface area contributed by atoms with Gasteiger partial charge in [0.25, 0.3) is 0 Å². The van der Waals surface area contributed by atoms with Crippen molar-refractivity contribution in [3.8, 4) is 0 Å². The summed E-state index contributed by atoms with van der Waals surface area (Å²) in [7, 11) is 0. The number of halogens is 1. The van der Waals surface area contributed by atoms with Crippen LogP contribution >= 0.6 is 0 Å². The van der Waals surface area contributed by atoms with Crippen LogP contribution in [0, 0.1) is 11.2 Å². The van der Waals surface area contributed by atoms with Gasteiger partial charge in [-0.3, -0.25) is 4.79 Å². The summed E-state index contributed by atoms with van der Waals surface area (Å²) in [6, 6.07) is 4.69. The molecule has 136 valence electrons. The topological polar surface area (TPSA) is 58.6 Å². The minimum absolute atomic E-state index is 0.00653. The first-order chi connectivity index (χ1) is 11.7. The first-order valence-corrected chi connectivity index (χ1v) is 8.72. The highest BCUT2D eigenvalue weighted by atomic mass is 19.1. The van der Waals surface area contributed by atoms with Gasteiger partial charge in [0.2, 0.25) is 5.91 Å². The standard InChI is InChI=1S/C19H25FN2O3/c1-18(2,3)25-17(24)22-8-6-19(7-9-22)11-14-10-15(20)5-4-13(14)12-21-16(19)23/h4-5,10H,6-9,11-12H2,1-3H3,(H,21,23). The zero-order chi connectivity index (χ0) is 18.2. The van der Waals surface area contributed by atoms with Crippen LogP contribution in [0.2, 0.25) is 0 Å². The molecule has 0 radical (unpaired) electrons. The molecule has 0 saturated carbocycles. The lowest BCUT2D eigenvalue weighted by molar-refractivity contribution is -0.133. The number of hydrogen-bond acceptors (Lipinski definition) is 3. The summed E-state index contributed by atoms with van der Waals surface area (Å²) < 4.78 is 19.0. The Labute approximate surface area is 147 Å². The van der Waals surface area contributed by atoms with Crippen molar-refractivity contribution >= 4 is 12.0 Å². The van der Waals surface area contributed by atoms with Crippen LogP contribution in [0.4, 0.5) is 9.18 Å². The van der Waals surface area contributed by atoms with Crippen molar-refractivity contribution in [1.82, 2.24) is 10.2 Å². The molecule has 5 nitrogen and oxygen atoms in total. The van der Waals surface area contributed by atoms with Crippen LogP contribution in [-0.2, 0) is 22.5 Å². The predicted molar refractivity (Wildman–Crippen MR) is 91.4 cm³/mol. The number of fused-ring (bicyclic) bond motifs is 1. The molecule has 0 unspecified atom stereocenters. The Morgan fingerprint density at radius 3 is 2.56 bits per heavy atom. The molecule has 1 saturated heterocycles. The quantitative estimate of drug-likeness (QED) is 0.784. The highest BCUT2D eigenvalue weighted by Crippen LogP contribution is 2.38. The summed E-state index contributed by atoms with van der Waals surface area (Å²) in [5.74, 6) is -0.289. The van der Waals surface area contributed by atoms with Crippen LogP contribution in [0.25, 0.3) is 0 Å². The van der Waals surface area contributed by atoms with Crippen LogP contribution in [-0.4, -0.2) is 35.6 Å². The van der Waals surface area contributed by atoms with E-state index in [2.05, 4.69) is 5.32 Å². The molecule has 0 aliphatic carbocycles. The molecule has 2 aliphatic rings. The third-order valence-electron chi connectivity index (χ3n) is 4.99. The molecule has 1 spiro atoms. The number of rotatable bonds is 0. The molecule has 1 N–H and O–H groups in total. The van der Waals surface area contributed by atoms with Gasteiger partial charge in [0.05, 0.1) is 5.41 Å². The van der Waals surface area contributed by atoms with E-state index in [1.807, 2.05) is 20.8 Å². The SMILES string of the molecule is CC(C)(C)OC(=O)N1CCC2(CC1)Cc1cc(F)ccc1CNC2=O. The Kier molecular flexibility index (Phi) is 4.47. The third-order valence-corrected chi connectivity index (χ3v) is 4.99. The first kappa shape index (κ1) is 17.7. The molecule has 1 aromatic carbocycles. The smallest absolute Gasteiger partial charge is 0.410 e. The van der Waals surface area contributed by atoms with Crippen LogP contribution in [0.1, 0.15) is 44.7 Å². The molecular formula is C19H25FN2O3. The number of carbonyl (C=O) groups is 2. The van der Waals surface area contributed by atoms with E-state index in [4.69, 9.17) is 4.74 Å². The Morgan fingerprint density at radius 1 is 1.24 bits per heavy atom. The van der Waals surface area contributed by atoms with Crippen LogP contribution in [0.15, 0.2) is 18.2 Å². The minimum atomic E-state index is -0.586. The molecule has 1 fully saturated rings. The van der Waals surface area contributed by atoms with Crippen molar-refractivity contribution in [2.45, 2.75) is 52.2 Å². The molecule has 1 aromatic rings. The highest BCUT2D eigenvalue weighted by molar-refractivity contribution is 5.84. The van der Waals surface area contributed by atoms with Crippen LogP contribution < -0.4 is 5.32 Å². The maximum Gasteiger partial charge on any atom is 0.410 e. The molecule has 3 rings (SSSR count). The van der Waals surface area contributed by atoms with Crippen molar-refractivity contribution in [2.24, 2.45) is 5.41 Å². The van der Waals surface area contributed by atoms with E-state index in [-0.39, 0.29) is 17.8 Å². The average Bonchev–Trinajstić information content (AvgIpc) is 2.64. The summed E-state index contributed by atoms with van der Waals surface area (Å²) >= 11 is 0. The number of likely N-dealkylation sites (tertiary alicyclic amines) is 1. The fourth-order valence-electron chi connectivity index (χ4n) is 3.59. The second-order valence-corrected chi connectivity index (χ2v) is 8.02. The van der Waals surface area contributed by atoms with Gasteiger partial charge in [0.15, 0.2) is 0 Å². The molecule has 6 heteroatoms. The maximum absolute atomic E-state index is 13.6. The second kappa shape index (κ2) is 6.32. The number of nitrogens with one attached hydrogen (secondary N) is 1. The highest BCUT2D eigenvalue weighted by Gasteiger charge is 2.44. The molecule has 25 heavy (non-hydrogen) atoms. The molecule has 2 aliphatic heterocycles. The summed E-state index contributed by atoms with van der Waals surface area (Å²) in [5.41, 5.74) is 0.713.